The molecule has 86 valence electrons. The van der Waals surface area contributed by atoms with Gasteiger partial charge in [-0.1, -0.05) is 11.6 Å². The summed E-state index contributed by atoms with van der Waals surface area (Å²) in [5.74, 6) is 0. The van der Waals surface area contributed by atoms with Crippen LogP contribution in [0.25, 0.3) is 0 Å². The lowest BCUT2D eigenvalue weighted by atomic mass is 10.2. The van der Waals surface area contributed by atoms with Crippen LogP contribution in [0.5, 0.6) is 0 Å². The third-order valence-electron chi connectivity index (χ3n) is 1.27. The highest BCUT2D eigenvalue weighted by Gasteiger charge is 2.07. The maximum absolute atomic E-state index is 8.30. The number of aliphatic hydroxyl groups excluding tert-OH is 1. The largest absolute Gasteiger partial charge is 0.394 e. The number of ether oxygens (including phenoxy) is 1. The maximum Gasteiger partial charge on any atom is 0.0704 e. The second-order valence-corrected chi connectivity index (χ2v) is 4.29. The van der Waals surface area contributed by atoms with Gasteiger partial charge in [-0.3, -0.25) is 4.98 Å². The van der Waals surface area contributed by atoms with Crippen LogP contribution in [-0.2, 0) is 4.74 Å². The van der Waals surface area contributed by atoms with Crippen molar-refractivity contribution in [3.05, 3.63) is 29.5 Å². The first-order valence-corrected chi connectivity index (χ1v) is 5.14. The van der Waals surface area contributed by atoms with Crippen molar-refractivity contribution in [1.29, 1.82) is 0 Å². The predicted molar refractivity (Wildman–Crippen MR) is 62.0 cm³/mol. The van der Waals surface area contributed by atoms with Gasteiger partial charge in [0.25, 0.3) is 0 Å². The maximum atomic E-state index is 8.30. The minimum atomic E-state index is -0.108. The highest BCUT2D eigenvalue weighted by molar-refractivity contribution is 6.30. The van der Waals surface area contributed by atoms with Gasteiger partial charge in [0.1, 0.15) is 0 Å². The number of halogens is 1. The standard InChI is InChI=1S/C6H14O2.C5H4ClN/c1-6(2,3)8-5-4-7;6-5-1-3-7-4-2-5/h7H,4-5H2,1-3H3;1-4H. The highest BCUT2D eigenvalue weighted by atomic mass is 35.5. The summed E-state index contributed by atoms with van der Waals surface area (Å²) in [5, 5.41) is 9.04. The molecule has 0 unspecified atom stereocenters. The fraction of sp³-hybridized carbons (Fsp3) is 0.545. The Kier molecular flexibility index (Phi) is 7.30. The monoisotopic (exact) mass is 231 g/mol. The third-order valence-corrected chi connectivity index (χ3v) is 1.52. The summed E-state index contributed by atoms with van der Waals surface area (Å²) >= 11 is 5.50. The second-order valence-electron chi connectivity index (χ2n) is 3.85. The van der Waals surface area contributed by atoms with E-state index in [0.29, 0.717) is 6.61 Å². The average Bonchev–Trinajstić information content (AvgIpc) is 2.16. The normalized spacial score (nSPS) is 10.5. The summed E-state index contributed by atoms with van der Waals surface area (Å²) in [6.07, 6.45) is 3.31. The van der Waals surface area contributed by atoms with Crippen molar-refractivity contribution in [2.45, 2.75) is 26.4 Å². The SMILES string of the molecule is CC(C)(C)OCCO.Clc1ccncc1. The van der Waals surface area contributed by atoms with Crippen LogP contribution < -0.4 is 0 Å². The molecule has 0 radical (unpaired) electrons. The van der Waals surface area contributed by atoms with Crippen molar-refractivity contribution < 1.29 is 9.84 Å². The van der Waals surface area contributed by atoms with E-state index >= 15 is 0 Å². The lowest BCUT2D eigenvalue weighted by Gasteiger charge is -2.18. The first kappa shape index (κ1) is 14.4. The van der Waals surface area contributed by atoms with Gasteiger partial charge in [-0.05, 0) is 32.9 Å². The Morgan fingerprint density at radius 2 is 1.87 bits per heavy atom. The number of rotatable bonds is 2. The molecular formula is C11H18ClNO2. The van der Waals surface area contributed by atoms with Gasteiger partial charge in [0.05, 0.1) is 18.8 Å². The zero-order valence-corrected chi connectivity index (χ0v) is 10.2. The van der Waals surface area contributed by atoms with Crippen LogP contribution in [-0.4, -0.2) is 28.9 Å². The van der Waals surface area contributed by atoms with Gasteiger partial charge in [0.15, 0.2) is 0 Å². The van der Waals surface area contributed by atoms with Crippen LogP contribution in [0.3, 0.4) is 0 Å². The van der Waals surface area contributed by atoms with Crippen molar-refractivity contribution in [2.24, 2.45) is 0 Å². The van der Waals surface area contributed by atoms with Crippen molar-refractivity contribution >= 4 is 11.6 Å². The highest BCUT2D eigenvalue weighted by Crippen LogP contribution is 2.04. The van der Waals surface area contributed by atoms with E-state index in [-0.39, 0.29) is 12.2 Å². The summed E-state index contributed by atoms with van der Waals surface area (Å²) in [4.78, 5) is 3.76. The third kappa shape index (κ3) is 11.3. The van der Waals surface area contributed by atoms with Gasteiger partial charge in [-0.15, -0.1) is 0 Å². The fourth-order valence-electron chi connectivity index (χ4n) is 0.686. The molecule has 0 aliphatic heterocycles. The summed E-state index contributed by atoms with van der Waals surface area (Å²) < 4.78 is 5.13. The molecule has 0 saturated heterocycles. The van der Waals surface area contributed by atoms with Crippen molar-refractivity contribution in [2.75, 3.05) is 13.2 Å². The average molecular weight is 232 g/mol. The molecule has 0 aliphatic rings. The van der Waals surface area contributed by atoms with E-state index in [2.05, 4.69) is 4.98 Å². The second kappa shape index (κ2) is 7.63. The van der Waals surface area contributed by atoms with Crippen LogP contribution >= 0.6 is 11.6 Å². The Morgan fingerprint density at radius 1 is 1.33 bits per heavy atom. The summed E-state index contributed by atoms with van der Waals surface area (Å²) in [6.45, 7) is 6.43. The Hall–Kier alpha value is -0.640. The van der Waals surface area contributed by atoms with Gasteiger partial charge in [0.2, 0.25) is 0 Å². The van der Waals surface area contributed by atoms with E-state index in [1.165, 1.54) is 0 Å². The summed E-state index contributed by atoms with van der Waals surface area (Å²) in [6, 6.07) is 3.48. The topological polar surface area (TPSA) is 42.4 Å². The molecule has 1 rings (SSSR count). The van der Waals surface area contributed by atoms with Crippen molar-refractivity contribution in [3.63, 3.8) is 0 Å². The first-order valence-electron chi connectivity index (χ1n) is 4.76. The molecule has 1 N–H and O–H groups in total. The minimum Gasteiger partial charge on any atom is -0.394 e. The van der Waals surface area contributed by atoms with E-state index in [1.807, 2.05) is 20.8 Å². The van der Waals surface area contributed by atoms with E-state index in [0.717, 1.165) is 5.02 Å². The van der Waals surface area contributed by atoms with E-state index in [1.54, 1.807) is 24.5 Å². The van der Waals surface area contributed by atoms with Crippen LogP contribution in [0.1, 0.15) is 20.8 Å². The van der Waals surface area contributed by atoms with Crippen molar-refractivity contribution in [3.8, 4) is 0 Å². The molecule has 0 aliphatic carbocycles. The summed E-state index contributed by atoms with van der Waals surface area (Å²) in [7, 11) is 0. The lowest BCUT2D eigenvalue weighted by molar-refractivity contribution is -0.0199. The smallest absolute Gasteiger partial charge is 0.0704 e. The number of pyridine rings is 1. The van der Waals surface area contributed by atoms with Gasteiger partial charge in [-0.25, -0.2) is 0 Å². The number of hydrogen-bond acceptors (Lipinski definition) is 3. The van der Waals surface area contributed by atoms with Gasteiger partial charge in [0, 0.05) is 17.4 Å². The molecule has 1 aromatic rings. The summed E-state index contributed by atoms with van der Waals surface area (Å²) in [5.41, 5.74) is -0.108. The van der Waals surface area contributed by atoms with Crippen LogP contribution in [0.4, 0.5) is 0 Å². The zero-order valence-electron chi connectivity index (χ0n) is 9.40. The molecule has 0 fully saturated rings. The molecule has 1 heterocycles. The van der Waals surface area contributed by atoms with Gasteiger partial charge >= 0.3 is 0 Å². The van der Waals surface area contributed by atoms with Crippen LogP contribution in [0, 0.1) is 0 Å². The number of aliphatic hydroxyl groups is 1. The Morgan fingerprint density at radius 3 is 2.07 bits per heavy atom. The molecule has 0 spiro atoms. The molecule has 15 heavy (non-hydrogen) atoms. The molecule has 1 aromatic heterocycles. The zero-order chi connectivity index (χ0) is 11.7. The molecule has 4 heteroatoms. The number of hydrogen-bond donors (Lipinski definition) is 1. The predicted octanol–water partition coefficient (Wildman–Crippen LogP) is 2.53. The molecule has 0 amide bonds. The number of aromatic nitrogens is 1. The van der Waals surface area contributed by atoms with E-state index < -0.39 is 0 Å². The molecule has 0 saturated carbocycles. The van der Waals surface area contributed by atoms with Crippen LogP contribution in [0.15, 0.2) is 24.5 Å². The quantitative estimate of drug-likeness (QED) is 0.851. The van der Waals surface area contributed by atoms with Crippen LogP contribution in [0.2, 0.25) is 5.02 Å². The molecule has 0 bridgehead atoms. The van der Waals surface area contributed by atoms with E-state index in [9.17, 15) is 0 Å². The molecule has 0 atom stereocenters. The molecule has 3 nitrogen and oxygen atoms in total. The Labute approximate surface area is 96.1 Å². The number of nitrogens with zero attached hydrogens (tertiary/aromatic N) is 1. The van der Waals surface area contributed by atoms with Crippen molar-refractivity contribution in [1.82, 2.24) is 4.98 Å². The first-order chi connectivity index (χ1) is 6.95. The molecule has 0 aromatic carbocycles. The Balaban J connectivity index is 0.000000262. The Bertz CT molecular complexity index is 247. The van der Waals surface area contributed by atoms with E-state index in [4.69, 9.17) is 21.4 Å². The molecular weight excluding hydrogens is 214 g/mol. The van der Waals surface area contributed by atoms with Gasteiger partial charge in [-0.2, -0.15) is 0 Å². The lowest BCUT2D eigenvalue weighted by Crippen LogP contribution is -2.20. The van der Waals surface area contributed by atoms with Gasteiger partial charge < -0.3 is 9.84 Å². The fourth-order valence-corrected chi connectivity index (χ4v) is 0.798. The minimum absolute atomic E-state index is 0.108.